The van der Waals surface area contributed by atoms with Gasteiger partial charge in [-0.1, -0.05) is 62.2 Å². The van der Waals surface area contributed by atoms with Crippen molar-refractivity contribution >= 4 is 66.7 Å². The van der Waals surface area contributed by atoms with E-state index in [0.29, 0.717) is 38.7 Å². The van der Waals surface area contributed by atoms with Crippen molar-refractivity contribution in [2.75, 3.05) is 23.7 Å². The van der Waals surface area contributed by atoms with Gasteiger partial charge in [0, 0.05) is 27.6 Å². The van der Waals surface area contributed by atoms with Gasteiger partial charge in [-0.15, -0.1) is 0 Å². The van der Waals surface area contributed by atoms with Crippen molar-refractivity contribution in [3.63, 3.8) is 0 Å². The summed E-state index contributed by atoms with van der Waals surface area (Å²) in [5, 5.41) is 3.66. The molecule has 35 heavy (non-hydrogen) atoms. The molecule has 2 rings (SSSR count). The largest absolute Gasteiger partial charge is 0.354 e. The number of amides is 2. The summed E-state index contributed by atoms with van der Waals surface area (Å²) < 4.78 is 26.9. The molecule has 0 aliphatic carbocycles. The van der Waals surface area contributed by atoms with Gasteiger partial charge in [-0.25, -0.2) is 8.42 Å². The Morgan fingerprint density at radius 3 is 2.31 bits per heavy atom. The number of hydrogen-bond acceptors (Lipinski definition) is 4. The zero-order valence-electron chi connectivity index (χ0n) is 20.1. The quantitative estimate of drug-likeness (QED) is 0.385. The summed E-state index contributed by atoms with van der Waals surface area (Å²) in [5.74, 6) is -0.627. The second kappa shape index (κ2) is 12.9. The van der Waals surface area contributed by atoms with Crippen LogP contribution in [0.3, 0.4) is 0 Å². The predicted octanol–water partition coefficient (Wildman–Crippen LogP) is 5.10. The van der Waals surface area contributed by atoms with Gasteiger partial charge in [0.2, 0.25) is 21.8 Å². The van der Waals surface area contributed by atoms with Gasteiger partial charge in [-0.3, -0.25) is 13.9 Å². The zero-order chi connectivity index (χ0) is 26.3. The van der Waals surface area contributed by atoms with E-state index in [9.17, 15) is 18.0 Å². The maximum Gasteiger partial charge on any atom is 0.244 e. The highest BCUT2D eigenvalue weighted by molar-refractivity contribution is 9.10. The molecule has 0 saturated heterocycles. The Bertz CT molecular complexity index is 1160. The summed E-state index contributed by atoms with van der Waals surface area (Å²) in [6.07, 6.45) is 1.36. The molecule has 0 saturated carbocycles. The van der Waals surface area contributed by atoms with Crippen LogP contribution in [0.25, 0.3) is 0 Å². The number of halogens is 3. The molecule has 2 aromatic carbocycles. The van der Waals surface area contributed by atoms with Crippen LogP contribution in [0.5, 0.6) is 0 Å². The molecule has 2 aromatic rings. The first-order valence-corrected chi connectivity index (χ1v) is 14.5. The Balaban J connectivity index is 2.47. The van der Waals surface area contributed by atoms with E-state index in [1.54, 1.807) is 49.4 Å². The Morgan fingerprint density at radius 2 is 1.77 bits per heavy atom. The topological polar surface area (TPSA) is 86.8 Å². The third-order valence-electron chi connectivity index (χ3n) is 5.23. The second-order valence-corrected chi connectivity index (χ2v) is 12.1. The van der Waals surface area contributed by atoms with Gasteiger partial charge < -0.3 is 10.2 Å². The average molecular weight is 607 g/mol. The van der Waals surface area contributed by atoms with E-state index in [4.69, 9.17) is 23.2 Å². The number of para-hydroxylation sites is 1. The summed E-state index contributed by atoms with van der Waals surface area (Å²) in [4.78, 5) is 28.1. The van der Waals surface area contributed by atoms with Crippen LogP contribution in [0, 0.1) is 5.92 Å². The number of anilines is 1. The third-order valence-corrected chi connectivity index (χ3v) is 7.61. The van der Waals surface area contributed by atoms with Crippen molar-refractivity contribution in [3.8, 4) is 0 Å². The molecule has 0 aromatic heterocycles. The summed E-state index contributed by atoms with van der Waals surface area (Å²) in [6, 6.07) is 10.8. The molecule has 0 heterocycles. The minimum atomic E-state index is -3.82. The molecule has 0 unspecified atom stereocenters. The Kier molecular flexibility index (Phi) is 10.9. The molecule has 1 N–H and O–H groups in total. The molecule has 0 aliphatic rings. The van der Waals surface area contributed by atoms with Crippen LogP contribution in [0.15, 0.2) is 46.9 Å². The van der Waals surface area contributed by atoms with Gasteiger partial charge in [0.1, 0.15) is 12.6 Å². The third kappa shape index (κ3) is 8.37. The molecule has 2 amide bonds. The van der Waals surface area contributed by atoms with Crippen LogP contribution in [0.2, 0.25) is 10.0 Å². The maximum absolute atomic E-state index is 13.7. The van der Waals surface area contributed by atoms with Gasteiger partial charge in [0.25, 0.3) is 0 Å². The molecular weight excluding hydrogens is 577 g/mol. The summed E-state index contributed by atoms with van der Waals surface area (Å²) in [6.45, 7) is 5.71. The molecule has 0 radical (unpaired) electrons. The molecule has 0 aliphatic heterocycles. The van der Waals surface area contributed by atoms with E-state index >= 15 is 0 Å². The highest BCUT2D eigenvalue weighted by Crippen LogP contribution is 2.29. The Morgan fingerprint density at radius 1 is 1.11 bits per heavy atom. The van der Waals surface area contributed by atoms with Crippen molar-refractivity contribution in [3.05, 3.63) is 62.5 Å². The van der Waals surface area contributed by atoms with Gasteiger partial charge >= 0.3 is 0 Å². The molecule has 11 heteroatoms. The minimum Gasteiger partial charge on any atom is -0.354 e. The van der Waals surface area contributed by atoms with E-state index in [0.717, 1.165) is 10.6 Å². The van der Waals surface area contributed by atoms with Crippen LogP contribution < -0.4 is 9.62 Å². The van der Waals surface area contributed by atoms with Gasteiger partial charge in [0.05, 0.1) is 11.9 Å². The monoisotopic (exact) mass is 605 g/mol. The van der Waals surface area contributed by atoms with Crippen LogP contribution in [-0.4, -0.2) is 50.5 Å². The van der Waals surface area contributed by atoms with Crippen LogP contribution in [-0.2, 0) is 26.2 Å². The van der Waals surface area contributed by atoms with E-state index in [1.807, 2.05) is 13.8 Å². The highest BCUT2D eigenvalue weighted by atomic mass is 79.9. The Hall–Kier alpha value is -1.81. The normalized spacial score (nSPS) is 12.3. The van der Waals surface area contributed by atoms with E-state index in [2.05, 4.69) is 21.2 Å². The molecular formula is C24H30BrCl2N3O4S. The van der Waals surface area contributed by atoms with Crippen molar-refractivity contribution in [1.29, 1.82) is 0 Å². The van der Waals surface area contributed by atoms with Crippen LogP contribution in [0.1, 0.15) is 32.8 Å². The molecule has 7 nitrogen and oxygen atoms in total. The lowest BCUT2D eigenvalue weighted by Gasteiger charge is -2.33. The standard InChI is InChI=1S/C24H30BrCl2N3O4S/c1-5-21(24(32)28-13-16(2)3)29(14-17-10-11-18(26)12-20(17)27)23(31)15-30(35(4,33)34)22-9-7-6-8-19(22)25/h6-12,16,21H,5,13-15H2,1-4H3,(H,28,32)/t21-/m1/s1. The SMILES string of the molecule is CC[C@H](C(=O)NCC(C)C)N(Cc1ccc(Cl)cc1Cl)C(=O)CN(c1ccccc1Br)S(C)(=O)=O. The van der Waals surface area contributed by atoms with Crippen LogP contribution >= 0.6 is 39.1 Å². The number of benzene rings is 2. The van der Waals surface area contributed by atoms with E-state index in [-0.39, 0.29) is 18.4 Å². The summed E-state index contributed by atoms with van der Waals surface area (Å²) in [5.41, 5.74) is 0.913. The molecule has 1 atom stereocenters. The fourth-order valence-electron chi connectivity index (χ4n) is 3.42. The number of nitrogens with zero attached hydrogens (tertiary/aromatic N) is 2. The number of sulfonamides is 1. The first-order chi connectivity index (χ1) is 16.3. The Labute approximate surface area is 225 Å². The number of carbonyl (C=O) groups excluding carboxylic acids is 2. The lowest BCUT2D eigenvalue weighted by Crippen LogP contribution is -2.52. The van der Waals surface area contributed by atoms with Crippen LogP contribution in [0.4, 0.5) is 5.69 Å². The second-order valence-electron chi connectivity index (χ2n) is 8.54. The molecule has 0 fully saturated rings. The predicted molar refractivity (Wildman–Crippen MR) is 145 cm³/mol. The maximum atomic E-state index is 13.7. The lowest BCUT2D eigenvalue weighted by molar-refractivity contribution is -0.140. The van der Waals surface area contributed by atoms with Gasteiger partial charge in [-0.05, 0) is 58.1 Å². The first kappa shape index (κ1) is 29.4. The van der Waals surface area contributed by atoms with Gasteiger partial charge in [-0.2, -0.15) is 0 Å². The van der Waals surface area contributed by atoms with Gasteiger partial charge in [0.15, 0.2) is 0 Å². The van der Waals surface area contributed by atoms with E-state index < -0.39 is 28.5 Å². The molecule has 192 valence electrons. The molecule has 0 spiro atoms. The summed E-state index contributed by atoms with van der Waals surface area (Å²) >= 11 is 15.8. The molecule has 0 bridgehead atoms. The lowest BCUT2D eigenvalue weighted by atomic mass is 10.1. The minimum absolute atomic E-state index is 0.00992. The summed E-state index contributed by atoms with van der Waals surface area (Å²) in [7, 11) is -3.82. The van der Waals surface area contributed by atoms with E-state index in [1.165, 1.54) is 4.90 Å². The number of carbonyl (C=O) groups is 2. The number of rotatable bonds is 11. The van der Waals surface area contributed by atoms with Crippen molar-refractivity contribution < 1.29 is 18.0 Å². The fraction of sp³-hybridized carbons (Fsp3) is 0.417. The van der Waals surface area contributed by atoms with Crippen molar-refractivity contribution in [1.82, 2.24) is 10.2 Å². The average Bonchev–Trinajstić information content (AvgIpc) is 2.77. The highest BCUT2D eigenvalue weighted by Gasteiger charge is 2.32. The smallest absolute Gasteiger partial charge is 0.244 e. The zero-order valence-corrected chi connectivity index (χ0v) is 24.0. The van der Waals surface area contributed by atoms with Crippen molar-refractivity contribution in [2.24, 2.45) is 5.92 Å². The van der Waals surface area contributed by atoms with Crippen molar-refractivity contribution in [2.45, 2.75) is 39.8 Å². The number of nitrogens with one attached hydrogen (secondary N) is 1. The number of hydrogen-bond donors (Lipinski definition) is 1. The first-order valence-electron chi connectivity index (χ1n) is 11.1. The fourth-order valence-corrected chi connectivity index (χ4v) is 5.37.